The summed E-state index contributed by atoms with van der Waals surface area (Å²) in [5, 5.41) is 8.79. The molecule has 0 saturated carbocycles. The van der Waals surface area contributed by atoms with Gasteiger partial charge in [-0.15, -0.1) is 0 Å². The molecule has 0 heterocycles. The quantitative estimate of drug-likeness (QED) is 0.651. The third-order valence-corrected chi connectivity index (χ3v) is 1.90. The van der Waals surface area contributed by atoms with Crippen LogP contribution in [-0.4, -0.2) is 0 Å². The maximum Gasteiger partial charge on any atom is 0.0994 e. The lowest BCUT2D eigenvalue weighted by Gasteiger charge is -2.02. The molecule has 62 valence electrons. The van der Waals surface area contributed by atoms with Crippen molar-refractivity contribution in [2.45, 2.75) is 26.7 Å². The predicted molar refractivity (Wildman–Crippen MR) is 49.9 cm³/mol. The van der Waals surface area contributed by atoms with Gasteiger partial charge >= 0.3 is 0 Å². The fourth-order valence-corrected chi connectivity index (χ4v) is 1.31. The molecule has 0 N–H and O–H groups in total. The SMILES string of the molecule is CCCc1cc(C)ccc1C#N. The van der Waals surface area contributed by atoms with Gasteiger partial charge in [-0.2, -0.15) is 5.26 Å². The Hall–Kier alpha value is -1.29. The van der Waals surface area contributed by atoms with Crippen LogP contribution in [0, 0.1) is 18.3 Å². The van der Waals surface area contributed by atoms with Crippen LogP contribution in [0.1, 0.15) is 30.0 Å². The molecule has 0 spiro atoms. The van der Waals surface area contributed by atoms with E-state index >= 15 is 0 Å². The van der Waals surface area contributed by atoms with Gasteiger partial charge in [0.2, 0.25) is 0 Å². The summed E-state index contributed by atoms with van der Waals surface area (Å²) in [7, 11) is 0. The number of nitriles is 1. The Balaban J connectivity index is 3.06. The summed E-state index contributed by atoms with van der Waals surface area (Å²) >= 11 is 0. The zero-order chi connectivity index (χ0) is 8.97. The number of benzene rings is 1. The molecule has 0 aliphatic heterocycles. The van der Waals surface area contributed by atoms with E-state index in [4.69, 9.17) is 5.26 Å². The summed E-state index contributed by atoms with van der Waals surface area (Å²) in [6.45, 7) is 4.18. The van der Waals surface area contributed by atoms with Gasteiger partial charge in [0.25, 0.3) is 0 Å². The number of rotatable bonds is 2. The molecule has 0 atom stereocenters. The van der Waals surface area contributed by atoms with E-state index in [1.54, 1.807) is 0 Å². The second kappa shape index (κ2) is 3.92. The van der Waals surface area contributed by atoms with Crippen molar-refractivity contribution >= 4 is 0 Å². The third-order valence-electron chi connectivity index (χ3n) is 1.90. The molecule has 0 aliphatic rings. The van der Waals surface area contributed by atoms with Gasteiger partial charge in [0.05, 0.1) is 11.6 Å². The first-order valence-electron chi connectivity index (χ1n) is 4.27. The number of aryl methyl sites for hydroxylation is 2. The molecule has 0 unspecified atom stereocenters. The summed E-state index contributed by atoms with van der Waals surface area (Å²) in [5.41, 5.74) is 3.24. The van der Waals surface area contributed by atoms with Crippen LogP contribution >= 0.6 is 0 Å². The van der Waals surface area contributed by atoms with Crippen molar-refractivity contribution in [3.63, 3.8) is 0 Å². The standard InChI is InChI=1S/C11H13N/c1-3-4-10-7-9(2)5-6-11(10)8-12/h5-7H,3-4H2,1-2H3. The number of hydrogen-bond donors (Lipinski definition) is 0. The Morgan fingerprint density at radius 2 is 2.17 bits per heavy atom. The highest BCUT2D eigenvalue weighted by atomic mass is 14.2. The largest absolute Gasteiger partial charge is 0.192 e. The van der Waals surface area contributed by atoms with Crippen LogP contribution in [0.15, 0.2) is 18.2 Å². The summed E-state index contributed by atoms with van der Waals surface area (Å²) < 4.78 is 0. The second-order valence-electron chi connectivity index (χ2n) is 3.02. The Morgan fingerprint density at radius 3 is 2.75 bits per heavy atom. The van der Waals surface area contributed by atoms with E-state index in [1.807, 2.05) is 12.1 Å². The predicted octanol–water partition coefficient (Wildman–Crippen LogP) is 2.82. The van der Waals surface area contributed by atoms with Gasteiger partial charge in [0, 0.05) is 0 Å². The molecule has 1 heteroatoms. The first-order valence-corrected chi connectivity index (χ1v) is 4.27. The average molecular weight is 159 g/mol. The van der Waals surface area contributed by atoms with Crippen molar-refractivity contribution in [3.05, 3.63) is 34.9 Å². The highest BCUT2D eigenvalue weighted by molar-refractivity contribution is 5.39. The summed E-state index contributed by atoms with van der Waals surface area (Å²) in [6, 6.07) is 8.19. The van der Waals surface area contributed by atoms with E-state index in [9.17, 15) is 0 Å². The van der Waals surface area contributed by atoms with Gasteiger partial charge < -0.3 is 0 Å². The second-order valence-corrected chi connectivity index (χ2v) is 3.02. The molecule has 0 aromatic heterocycles. The van der Waals surface area contributed by atoms with Gasteiger partial charge in [-0.1, -0.05) is 31.0 Å². The van der Waals surface area contributed by atoms with Crippen LogP contribution in [-0.2, 0) is 6.42 Å². The monoisotopic (exact) mass is 159 g/mol. The minimum absolute atomic E-state index is 0.822. The molecule has 12 heavy (non-hydrogen) atoms. The molecule has 0 aliphatic carbocycles. The summed E-state index contributed by atoms with van der Waals surface area (Å²) in [5.74, 6) is 0. The molecule has 1 rings (SSSR count). The van der Waals surface area contributed by atoms with Crippen molar-refractivity contribution in [2.75, 3.05) is 0 Å². The molecule has 0 saturated heterocycles. The molecule has 1 aromatic rings. The van der Waals surface area contributed by atoms with Crippen molar-refractivity contribution in [1.29, 1.82) is 5.26 Å². The van der Waals surface area contributed by atoms with Gasteiger partial charge in [-0.25, -0.2) is 0 Å². The molecule has 0 radical (unpaired) electrons. The van der Waals surface area contributed by atoms with Crippen LogP contribution in [0.2, 0.25) is 0 Å². The number of hydrogen-bond acceptors (Lipinski definition) is 1. The molecule has 1 nitrogen and oxygen atoms in total. The fraction of sp³-hybridized carbons (Fsp3) is 0.364. The molecule has 1 aromatic carbocycles. The van der Waals surface area contributed by atoms with Crippen molar-refractivity contribution in [1.82, 2.24) is 0 Å². The van der Waals surface area contributed by atoms with Crippen LogP contribution in [0.25, 0.3) is 0 Å². The Bertz CT molecular complexity index is 307. The zero-order valence-electron chi connectivity index (χ0n) is 7.59. The van der Waals surface area contributed by atoms with Crippen molar-refractivity contribution in [2.24, 2.45) is 0 Å². The molecule has 0 bridgehead atoms. The minimum atomic E-state index is 0.822. The average Bonchev–Trinajstić information content (AvgIpc) is 2.05. The molecular weight excluding hydrogens is 146 g/mol. The lowest BCUT2D eigenvalue weighted by molar-refractivity contribution is 0.916. The topological polar surface area (TPSA) is 23.8 Å². The minimum Gasteiger partial charge on any atom is -0.192 e. The van der Waals surface area contributed by atoms with Gasteiger partial charge in [0.1, 0.15) is 0 Å². The Morgan fingerprint density at radius 1 is 1.42 bits per heavy atom. The first kappa shape index (κ1) is 8.80. The first-order chi connectivity index (χ1) is 5.77. The summed E-state index contributed by atoms with van der Waals surface area (Å²) in [4.78, 5) is 0. The van der Waals surface area contributed by atoms with E-state index in [2.05, 4.69) is 26.0 Å². The van der Waals surface area contributed by atoms with Gasteiger partial charge in [0.15, 0.2) is 0 Å². The molecular formula is C11H13N. The van der Waals surface area contributed by atoms with Crippen LogP contribution < -0.4 is 0 Å². The maximum absolute atomic E-state index is 8.79. The Labute approximate surface area is 73.6 Å². The highest BCUT2D eigenvalue weighted by Gasteiger charge is 1.99. The molecule has 0 fully saturated rings. The van der Waals surface area contributed by atoms with Crippen LogP contribution in [0.3, 0.4) is 0 Å². The fourth-order valence-electron chi connectivity index (χ4n) is 1.31. The lowest BCUT2D eigenvalue weighted by Crippen LogP contribution is -1.89. The van der Waals surface area contributed by atoms with Crippen molar-refractivity contribution < 1.29 is 0 Å². The smallest absolute Gasteiger partial charge is 0.0994 e. The van der Waals surface area contributed by atoms with Gasteiger partial charge in [-0.05, 0) is 25.0 Å². The van der Waals surface area contributed by atoms with E-state index in [-0.39, 0.29) is 0 Å². The third kappa shape index (κ3) is 1.85. The Kier molecular flexibility index (Phi) is 2.88. The van der Waals surface area contributed by atoms with Crippen LogP contribution in [0.5, 0.6) is 0 Å². The normalized spacial score (nSPS) is 9.42. The number of nitrogens with zero attached hydrogens (tertiary/aromatic N) is 1. The summed E-state index contributed by atoms with van der Waals surface area (Å²) in [6.07, 6.45) is 2.10. The van der Waals surface area contributed by atoms with Crippen molar-refractivity contribution in [3.8, 4) is 6.07 Å². The van der Waals surface area contributed by atoms with E-state index < -0.39 is 0 Å². The van der Waals surface area contributed by atoms with E-state index in [0.717, 1.165) is 18.4 Å². The maximum atomic E-state index is 8.79. The van der Waals surface area contributed by atoms with Crippen LogP contribution in [0.4, 0.5) is 0 Å². The molecule has 0 amide bonds. The van der Waals surface area contributed by atoms with Gasteiger partial charge in [-0.3, -0.25) is 0 Å². The lowest BCUT2D eigenvalue weighted by atomic mass is 10.0. The zero-order valence-corrected chi connectivity index (χ0v) is 7.59. The highest BCUT2D eigenvalue weighted by Crippen LogP contribution is 2.12. The van der Waals surface area contributed by atoms with E-state index in [0.29, 0.717) is 0 Å². The van der Waals surface area contributed by atoms with E-state index in [1.165, 1.54) is 11.1 Å².